The normalized spacial score (nSPS) is 8.33. The first-order valence-corrected chi connectivity index (χ1v) is 3.28. The molecule has 2 heteroatoms. The molecule has 0 fully saturated rings. The molecule has 0 N–H and O–H groups in total. The van der Waals surface area contributed by atoms with Gasteiger partial charge in [-0.05, 0) is 29.1 Å². The van der Waals surface area contributed by atoms with Crippen molar-refractivity contribution in [3.05, 3.63) is 24.4 Å². The van der Waals surface area contributed by atoms with Crippen molar-refractivity contribution < 1.29 is 0 Å². The molecule has 0 bridgehead atoms. The Labute approximate surface area is 58.5 Å². The molecular weight excluding hydrogens is 130 g/mol. The lowest BCUT2D eigenvalue weighted by atomic mass is 10.5. The zero-order valence-corrected chi connectivity index (χ0v) is 5.56. The van der Waals surface area contributed by atoms with Crippen LogP contribution in [0.1, 0.15) is 0 Å². The van der Waals surface area contributed by atoms with E-state index in [-0.39, 0.29) is 0 Å². The number of rotatable bonds is 1. The van der Waals surface area contributed by atoms with Crippen molar-refractivity contribution in [1.82, 2.24) is 4.98 Å². The first kappa shape index (κ1) is 6.18. The third-order valence-corrected chi connectivity index (χ3v) is 1.37. The summed E-state index contributed by atoms with van der Waals surface area (Å²) in [5.74, 6) is 0. The number of pyridine rings is 1. The average Bonchev–Trinajstić information content (AvgIpc) is 1.91. The van der Waals surface area contributed by atoms with E-state index in [1.165, 1.54) is 11.8 Å². The van der Waals surface area contributed by atoms with Gasteiger partial charge in [0, 0.05) is 6.20 Å². The molecule has 0 saturated heterocycles. The molecule has 1 aromatic heterocycles. The standard InChI is InChI=1S/C7H5NS/c1-2-9-7-5-3-4-6-8-7/h1,3-6H. The van der Waals surface area contributed by atoms with E-state index in [0.717, 1.165) is 5.03 Å². The Morgan fingerprint density at radius 2 is 2.44 bits per heavy atom. The Kier molecular flexibility index (Phi) is 2.17. The summed E-state index contributed by atoms with van der Waals surface area (Å²) in [7, 11) is 0. The highest BCUT2D eigenvalue weighted by Gasteiger charge is 1.85. The predicted octanol–water partition coefficient (Wildman–Crippen LogP) is 1.76. The molecule has 1 heterocycles. The van der Waals surface area contributed by atoms with E-state index in [4.69, 9.17) is 6.42 Å². The number of hydrogen-bond donors (Lipinski definition) is 0. The molecule has 1 rings (SSSR count). The summed E-state index contributed by atoms with van der Waals surface area (Å²) in [4.78, 5) is 3.99. The molecule has 0 spiro atoms. The highest BCUT2D eigenvalue weighted by Crippen LogP contribution is 2.10. The maximum atomic E-state index is 5.03. The van der Waals surface area contributed by atoms with Crippen molar-refractivity contribution in [2.75, 3.05) is 0 Å². The third kappa shape index (κ3) is 1.79. The van der Waals surface area contributed by atoms with E-state index in [1.54, 1.807) is 6.20 Å². The molecule has 0 unspecified atom stereocenters. The molecule has 0 aliphatic rings. The predicted molar refractivity (Wildman–Crippen MR) is 38.9 cm³/mol. The van der Waals surface area contributed by atoms with Gasteiger partial charge in [-0.15, -0.1) is 6.42 Å². The lowest BCUT2D eigenvalue weighted by molar-refractivity contribution is 1.14. The maximum absolute atomic E-state index is 5.03. The second-order valence-corrected chi connectivity index (χ2v) is 2.25. The Hall–Kier alpha value is -0.940. The van der Waals surface area contributed by atoms with E-state index in [9.17, 15) is 0 Å². The molecule has 0 aliphatic carbocycles. The molecular formula is C7H5NS. The minimum Gasteiger partial charge on any atom is -0.249 e. The molecule has 9 heavy (non-hydrogen) atoms. The number of hydrogen-bond acceptors (Lipinski definition) is 2. The van der Waals surface area contributed by atoms with Crippen LogP contribution in [-0.4, -0.2) is 4.98 Å². The molecule has 0 radical (unpaired) electrons. The van der Waals surface area contributed by atoms with Gasteiger partial charge in [-0.1, -0.05) is 6.07 Å². The second-order valence-electron chi connectivity index (χ2n) is 1.39. The summed E-state index contributed by atoms with van der Waals surface area (Å²) in [6.45, 7) is 0. The minimum atomic E-state index is 0.875. The van der Waals surface area contributed by atoms with Crippen LogP contribution in [0.2, 0.25) is 0 Å². The smallest absolute Gasteiger partial charge is 0.108 e. The molecule has 0 atom stereocenters. The maximum Gasteiger partial charge on any atom is 0.108 e. The van der Waals surface area contributed by atoms with Gasteiger partial charge in [0.15, 0.2) is 0 Å². The van der Waals surface area contributed by atoms with Crippen LogP contribution >= 0.6 is 11.8 Å². The van der Waals surface area contributed by atoms with Crippen LogP contribution < -0.4 is 0 Å². The summed E-state index contributed by atoms with van der Waals surface area (Å²) >= 11 is 1.29. The number of aromatic nitrogens is 1. The molecule has 0 aromatic carbocycles. The second kappa shape index (κ2) is 3.16. The van der Waals surface area contributed by atoms with Gasteiger partial charge in [0.05, 0.1) is 0 Å². The van der Waals surface area contributed by atoms with Crippen LogP contribution in [0, 0.1) is 11.7 Å². The summed E-state index contributed by atoms with van der Waals surface area (Å²) in [6.07, 6.45) is 6.76. The lowest BCUT2D eigenvalue weighted by Crippen LogP contribution is -1.71. The van der Waals surface area contributed by atoms with Crippen LogP contribution in [0.4, 0.5) is 0 Å². The molecule has 1 nitrogen and oxygen atoms in total. The van der Waals surface area contributed by atoms with Gasteiger partial charge in [-0.2, -0.15) is 0 Å². The van der Waals surface area contributed by atoms with Crippen molar-refractivity contribution in [1.29, 1.82) is 0 Å². The fourth-order valence-electron chi connectivity index (χ4n) is 0.468. The first-order chi connectivity index (χ1) is 4.43. The minimum absolute atomic E-state index is 0.875. The van der Waals surface area contributed by atoms with Crippen LogP contribution in [0.25, 0.3) is 0 Å². The fourth-order valence-corrected chi connectivity index (χ4v) is 0.849. The number of nitrogens with zero attached hydrogens (tertiary/aromatic N) is 1. The van der Waals surface area contributed by atoms with Gasteiger partial charge in [0.1, 0.15) is 5.03 Å². The van der Waals surface area contributed by atoms with Crippen molar-refractivity contribution in [2.24, 2.45) is 0 Å². The Balaban J connectivity index is 2.76. The van der Waals surface area contributed by atoms with Crippen LogP contribution in [0.5, 0.6) is 0 Å². The van der Waals surface area contributed by atoms with Gasteiger partial charge in [0.2, 0.25) is 0 Å². The van der Waals surface area contributed by atoms with Crippen LogP contribution in [0.15, 0.2) is 29.4 Å². The molecule has 0 saturated carbocycles. The van der Waals surface area contributed by atoms with Crippen molar-refractivity contribution in [2.45, 2.75) is 5.03 Å². The van der Waals surface area contributed by atoms with Crippen molar-refractivity contribution in [3.63, 3.8) is 0 Å². The Bertz CT molecular complexity index is 212. The summed E-state index contributed by atoms with van der Waals surface area (Å²) in [6, 6.07) is 5.65. The molecule has 1 aromatic rings. The zero-order valence-electron chi connectivity index (χ0n) is 4.74. The highest BCUT2D eigenvalue weighted by atomic mass is 32.2. The van der Waals surface area contributed by atoms with E-state index >= 15 is 0 Å². The largest absolute Gasteiger partial charge is 0.249 e. The Morgan fingerprint density at radius 1 is 1.56 bits per heavy atom. The highest BCUT2D eigenvalue weighted by molar-refractivity contribution is 8.03. The van der Waals surface area contributed by atoms with Crippen molar-refractivity contribution in [3.8, 4) is 11.7 Å². The first-order valence-electron chi connectivity index (χ1n) is 2.47. The third-order valence-electron chi connectivity index (χ3n) is 0.801. The van der Waals surface area contributed by atoms with Gasteiger partial charge in [-0.25, -0.2) is 4.98 Å². The van der Waals surface area contributed by atoms with Gasteiger partial charge < -0.3 is 0 Å². The van der Waals surface area contributed by atoms with E-state index in [1.807, 2.05) is 18.2 Å². The SMILES string of the molecule is C#CSc1ccccn1. The quantitative estimate of drug-likeness (QED) is 0.430. The summed E-state index contributed by atoms with van der Waals surface area (Å²) < 4.78 is 0. The van der Waals surface area contributed by atoms with E-state index in [2.05, 4.69) is 10.2 Å². The average molecular weight is 135 g/mol. The number of thioether (sulfide) groups is 1. The molecule has 0 aliphatic heterocycles. The topological polar surface area (TPSA) is 12.9 Å². The van der Waals surface area contributed by atoms with E-state index < -0.39 is 0 Å². The summed E-state index contributed by atoms with van der Waals surface area (Å²) in [5.41, 5.74) is 0. The van der Waals surface area contributed by atoms with Crippen LogP contribution in [0.3, 0.4) is 0 Å². The molecule has 44 valence electrons. The monoisotopic (exact) mass is 135 g/mol. The fraction of sp³-hybridized carbons (Fsp3) is 0. The number of terminal acetylenes is 1. The van der Waals surface area contributed by atoms with Crippen molar-refractivity contribution >= 4 is 11.8 Å². The lowest BCUT2D eigenvalue weighted by Gasteiger charge is -1.87. The zero-order chi connectivity index (χ0) is 6.53. The Morgan fingerprint density at radius 3 is 3.00 bits per heavy atom. The summed E-state index contributed by atoms with van der Waals surface area (Å²) in [5, 5.41) is 3.31. The molecule has 0 amide bonds. The van der Waals surface area contributed by atoms with Gasteiger partial charge >= 0.3 is 0 Å². The van der Waals surface area contributed by atoms with Gasteiger partial charge in [-0.3, -0.25) is 0 Å². The van der Waals surface area contributed by atoms with Gasteiger partial charge in [0.25, 0.3) is 0 Å². The van der Waals surface area contributed by atoms with Crippen LogP contribution in [-0.2, 0) is 0 Å². The van der Waals surface area contributed by atoms with E-state index in [0.29, 0.717) is 0 Å².